The number of nitrogens with one attached hydrogen (secondary N) is 6. The van der Waals surface area contributed by atoms with Crippen molar-refractivity contribution in [3.8, 4) is 0 Å². The van der Waals surface area contributed by atoms with Crippen molar-refractivity contribution in [2.45, 2.75) is 110 Å². The third-order valence-corrected chi connectivity index (χ3v) is 6.86. The summed E-state index contributed by atoms with van der Waals surface area (Å²) < 4.78 is 20.5. The first-order chi connectivity index (χ1) is 24.5. The van der Waals surface area contributed by atoms with Gasteiger partial charge in [0.2, 0.25) is 11.8 Å². The lowest BCUT2D eigenvalue weighted by Gasteiger charge is -2.23. The molecule has 2 aromatic rings. The number of hydrogen-bond acceptors (Lipinski definition) is 11. The van der Waals surface area contributed by atoms with Crippen LogP contribution in [0.15, 0.2) is 36.4 Å². The Hall–Kier alpha value is -5.35. The van der Waals surface area contributed by atoms with Crippen LogP contribution in [0.4, 0.5) is 20.2 Å². The van der Waals surface area contributed by atoms with Crippen LogP contribution >= 0.6 is 0 Å². The maximum absolute atomic E-state index is 13.7. The zero-order chi connectivity index (χ0) is 38.7. The van der Waals surface area contributed by atoms with Crippen molar-refractivity contribution in [3.63, 3.8) is 0 Å². The fourth-order valence-corrected chi connectivity index (χ4v) is 4.49. The monoisotopic (exact) mass is 731 g/mol. The molecule has 0 saturated carbocycles. The van der Waals surface area contributed by atoms with Crippen LogP contribution in [0.3, 0.4) is 0 Å². The van der Waals surface area contributed by atoms with Gasteiger partial charge in [0.15, 0.2) is 5.82 Å². The van der Waals surface area contributed by atoms with Gasteiger partial charge in [-0.3, -0.25) is 14.7 Å². The molecule has 0 fully saturated rings. The van der Waals surface area contributed by atoms with Gasteiger partial charge in [0.1, 0.15) is 35.6 Å². The van der Waals surface area contributed by atoms with E-state index in [4.69, 9.17) is 14.2 Å². The van der Waals surface area contributed by atoms with E-state index in [0.717, 1.165) is 5.56 Å². The number of methoxy groups -OCH3 is 1. The molecule has 0 aliphatic heterocycles. The minimum Gasteiger partial charge on any atom is -0.464 e. The highest BCUT2D eigenvalue weighted by Gasteiger charge is 2.28. The average Bonchev–Trinajstić information content (AvgIpc) is 3.52. The smallest absolute Gasteiger partial charge is 0.408 e. The lowest BCUT2D eigenvalue weighted by molar-refractivity contribution is -0.128. The number of unbranched alkanes of at least 4 members (excludes halogenated alkanes) is 2. The maximum Gasteiger partial charge on any atom is 0.408 e. The van der Waals surface area contributed by atoms with Crippen molar-refractivity contribution in [1.82, 2.24) is 31.5 Å². The summed E-state index contributed by atoms with van der Waals surface area (Å²) in [7, 11) is 1.20. The molecule has 1 aromatic heterocycles. The summed E-state index contributed by atoms with van der Waals surface area (Å²) >= 11 is 0. The van der Waals surface area contributed by atoms with E-state index < -0.39 is 59.3 Å². The molecule has 0 spiro atoms. The van der Waals surface area contributed by atoms with Crippen molar-refractivity contribution in [2.24, 2.45) is 0 Å². The minimum absolute atomic E-state index is 0.00559. The molecule has 17 heteroatoms. The summed E-state index contributed by atoms with van der Waals surface area (Å²) in [6, 6.07) is 8.08. The number of aromatic amines is 1. The van der Waals surface area contributed by atoms with Gasteiger partial charge in [-0.05, 0) is 85.6 Å². The second-order valence-electron chi connectivity index (χ2n) is 13.8. The standard InChI is InChI=1S/C35H53N7O10/c1-34(2,3)51-31(46)36-19-13-11-17-24(29(44)40-27-21-26(41-42-27)30(45)49-7)38-28(43)25(18-12-14-20-37-32(47)52-35(4,5)6)39-33(48)50-22-23-15-9-8-10-16-23/h8-10,15-16,21,24-25H,11-14,17-20,22H2,1-7H3,(H,36,46)(H,37,47)(H,38,43)(H,39,48)(H2,40,41,42,44). The van der Waals surface area contributed by atoms with Crippen molar-refractivity contribution in [1.29, 1.82) is 0 Å². The second kappa shape index (κ2) is 21.1. The first kappa shape index (κ1) is 42.8. The van der Waals surface area contributed by atoms with Crippen LogP contribution in [-0.2, 0) is 35.1 Å². The number of amides is 5. The summed E-state index contributed by atoms with van der Waals surface area (Å²) in [6.45, 7) is 11.0. The zero-order valence-electron chi connectivity index (χ0n) is 31.0. The lowest BCUT2D eigenvalue weighted by atomic mass is 10.1. The van der Waals surface area contributed by atoms with E-state index in [9.17, 15) is 28.8 Å². The average molecular weight is 732 g/mol. The quantitative estimate of drug-likeness (QED) is 0.0719. The number of nitrogens with zero attached hydrogens (tertiary/aromatic N) is 1. The molecule has 5 amide bonds. The van der Waals surface area contributed by atoms with Crippen LogP contribution in [0.25, 0.3) is 0 Å². The van der Waals surface area contributed by atoms with E-state index in [-0.39, 0.29) is 44.0 Å². The van der Waals surface area contributed by atoms with E-state index in [1.807, 2.05) is 6.07 Å². The number of aromatic nitrogens is 2. The first-order valence-electron chi connectivity index (χ1n) is 17.1. The van der Waals surface area contributed by atoms with Crippen molar-refractivity contribution >= 4 is 41.9 Å². The number of ether oxygens (including phenoxy) is 4. The van der Waals surface area contributed by atoms with Crippen LogP contribution in [-0.4, -0.2) is 89.7 Å². The fraction of sp³-hybridized carbons (Fsp3) is 0.571. The Labute approximate surface area is 304 Å². The van der Waals surface area contributed by atoms with E-state index in [1.165, 1.54) is 13.2 Å². The van der Waals surface area contributed by atoms with Gasteiger partial charge in [0, 0.05) is 19.2 Å². The summed E-state index contributed by atoms with van der Waals surface area (Å²) in [5.74, 6) is -1.96. The maximum atomic E-state index is 13.7. The molecule has 1 heterocycles. The highest BCUT2D eigenvalue weighted by atomic mass is 16.6. The summed E-state index contributed by atoms with van der Waals surface area (Å²) in [6.07, 6.45) is 0.0210. The van der Waals surface area contributed by atoms with Crippen LogP contribution in [0.5, 0.6) is 0 Å². The number of esters is 1. The highest BCUT2D eigenvalue weighted by molar-refractivity contribution is 5.98. The first-order valence-corrected chi connectivity index (χ1v) is 17.1. The van der Waals surface area contributed by atoms with Gasteiger partial charge < -0.3 is 45.5 Å². The molecule has 2 unspecified atom stereocenters. The molecule has 0 bridgehead atoms. The summed E-state index contributed by atoms with van der Waals surface area (Å²) in [5, 5.41) is 19.6. The number of benzene rings is 1. The predicted octanol–water partition coefficient (Wildman–Crippen LogP) is 4.30. The fourth-order valence-electron chi connectivity index (χ4n) is 4.49. The molecule has 6 N–H and O–H groups in total. The molecular formula is C35H53N7O10. The molecule has 288 valence electrons. The highest BCUT2D eigenvalue weighted by Crippen LogP contribution is 2.12. The largest absolute Gasteiger partial charge is 0.464 e. The predicted molar refractivity (Wildman–Crippen MR) is 190 cm³/mol. The number of alkyl carbamates (subject to hydrolysis) is 3. The molecule has 0 aliphatic carbocycles. The number of anilines is 1. The molecule has 1 aromatic carbocycles. The SMILES string of the molecule is COC(=O)c1cc(NC(=O)C(CCCCNC(=O)OC(C)(C)C)NC(=O)C(CCCCNC(=O)OC(C)(C)C)NC(=O)OCc2ccccc2)n[nH]1. The van der Waals surface area contributed by atoms with Crippen LogP contribution in [0.1, 0.15) is 96.1 Å². The number of carbonyl (C=O) groups is 6. The Morgan fingerprint density at radius 2 is 1.27 bits per heavy atom. The van der Waals surface area contributed by atoms with Gasteiger partial charge in [-0.2, -0.15) is 5.10 Å². The van der Waals surface area contributed by atoms with Gasteiger partial charge in [-0.25, -0.2) is 19.2 Å². The van der Waals surface area contributed by atoms with E-state index in [2.05, 4.69) is 41.5 Å². The summed E-state index contributed by atoms with van der Waals surface area (Å²) in [5.41, 5.74) is -0.565. The van der Waals surface area contributed by atoms with Crippen LogP contribution in [0, 0.1) is 0 Å². The Kier molecular flexibility index (Phi) is 17.4. The molecule has 2 rings (SSSR count). The van der Waals surface area contributed by atoms with Gasteiger partial charge in [0.05, 0.1) is 7.11 Å². The minimum atomic E-state index is -1.11. The molecule has 17 nitrogen and oxygen atoms in total. The van der Waals surface area contributed by atoms with E-state index in [1.54, 1.807) is 65.8 Å². The second-order valence-corrected chi connectivity index (χ2v) is 13.8. The Morgan fingerprint density at radius 1 is 0.731 bits per heavy atom. The van der Waals surface area contributed by atoms with Gasteiger partial charge in [-0.1, -0.05) is 30.3 Å². The van der Waals surface area contributed by atoms with Crippen molar-refractivity contribution < 1.29 is 47.7 Å². The Balaban J connectivity index is 2.12. The third-order valence-electron chi connectivity index (χ3n) is 6.86. The zero-order valence-corrected chi connectivity index (χ0v) is 31.0. The van der Waals surface area contributed by atoms with Gasteiger partial charge in [-0.15, -0.1) is 0 Å². The third kappa shape index (κ3) is 18.1. The van der Waals surface area contributed by atoms with Crippen LogP contribution < -0.4 is 26.6 Å². The van der Waals surface area contributed by atoms with Gasteiger partial charge in [0.25, 0.3) is 0 Å². The van der Waals surface area contributed by atoms with E-state index >= 15 is 0 Å². The van der Waals surface area contributed by atoms with Crippen LogP contribution in [0.2, 0.25) is 0 Å². The van der Waals surface area contributed by atoms with Gasteiger partial charge >= 0.3 is 24.2 Å². The molecule has 2 atom stereocenters. The Bertz CT molecular complexity index is 1470. The number of carbonyl (C=O) groups excluding carboxylic acids is 6. The molecule has 52 heavy (non-hydrogen) atoms. The molecular weight excluding hydrogens is 678 g/mol. The number of hydrogen-bond donors (Lipinski definition) is 6. The molecule has 0 radical (unpaired) electrons. The number of H-pyrrole nitrogens is 1. The normalized spacial score (nSPS) is 12.4. The van der Waals surface area contributed by atoms with E-state index in [0.29, 0.717) is 25.7 Å². The Morgan fingerprint density at radius 3 is 1.79 bits per heavy atom. The molecule has 0 aliphatic rings. The summed E-state index contributed by atoms with van der Waals surface area (Å²) in [4.78, 5) is 75.8. The lowest BCUT2D eigenvalue weighted by Crippen LogP contribution is -2.52. The van der Waals surface area contributed by atoms with Crippen molar-refractivity contribution in [2.75, 3.05) is 25.5 Å². The van der Waals surface area contributed by atoms with Crippen molar-refractivity contribution in [3.05, 3.63) is 47.7 Å². The molecule has 0 saturated heterocycles. The topological polar surface area (TPSA) is 228 Å². The number of rotatable bonds is 18.